The second-order valence-corrected chi connectivity index (χ2v) is 2.27. The van der Waals surface area contributed by atoms with Gasteiger partial charge in [-0.1, -0.05) is 13.8 Å². The van der Waals surface area contributed by atoms with E-state index in [9.17, 15) is 0 Å². The molecule has 0 saturated heterocycles. The molecule has 0 fully saturated rings. The quantitative estimate of drug-likeness (QED) is 0.417. The van der Waals surface area contributed by atoms with Crippen molar-refractivity contribution in [2.24, 2.45) is 17.4 Å². The van der Waals surface area contributed by atoms with Crippen LogP contribution in [-0.4, -0.2) is 17.3 Å². The fraction of sp³-hybridized carbons (Fsp3) is 1.00. The van der Waals surface area contributed by atoms with E-state index >= 15 is 0 Å². The molecule has 0 amide bonds. The SMILES string of the molecule is CCC(N)(CC)CN.NO. The summed E-state index contributed by atoms with van der Waals surface area (Å²) >= 11 is 0. The lowest BCUT2D eigenvalue weighted by molar-refractivity contribution is 0.311. The lowest BCUT2D eigenvalue weighted by Crippen LogP contribution is -2.45. The van der Waals surface area contributed by atoms with Crippen LogP contribution in [0.5, 0.6) is 0 Å². The third-order valence-corrected chi connectivity index (χ3v) is 1.81. The van der Waals surface area contributed by atoms with E-state index in [1.807, 2.05) is 0 Å². The lowest BCUT2D eigenvalue weighted by atomic mass is 9.95. The van der Waals surface area contributed by atoms with Crippen molar-refractivity contribution in [2.75, 3.05) is 6.54 Å². The van der Waals surface area contributed by atoms with Gasteiger partial charge in [0.25, 0.3) is 0 Å². The average molecular weight is 149 g/mol. The molecule has 0 rings (SSSR count). The van der Waals surface area contributed by atoms with E-state index in [2.05, 4.69) is 19.7 Å². The summed E-state index contributed by atoms with van der Waals surface area (Å²) in [6.07, 6.45) is 1.94. The van der Waals surface area contributed by atoms with Crippen LogP contribution in [0.4, 0.5) is 0 Å². The molecule has 0 heterocycles. The van der Waals surface area contributed by atoms with Crippen molar-refractivity contribution in [3.05, 3.63) is 0 Å². The molecule has 0 unspecified atom stereocenters. The summed E-state index contributed by atoms with van der Waals surface area (Å²) < 4.78 is 0. The molecule has 0 aromatic heterocycles. The fourth-order valence-electron chi connectivity index (χ4n) is 0.539. The van der Waals surface area contributed by atoms with Crippen molar-refractivity contribution in [2.45, 2.75) is 32.2 Å². The number of hydrogen-bond acceptors (Lipinski definition) is 4. The maximum Gasteiger partial charge on any atom is 0.0273 e. The van der Waals surface area contributed by atoms with Crippen LogP contribution in [0.15, 0.2) is 0 Å². The Labute approximate surface area is 62.3 Å². The number of nitrogens with two attached hydrogens (primary N) is 3. The summed E-state index contributed by atoms with van der Waals surface area (Å²) in [5.41, 5.74) is 11.1. The van der Waals surface area contributed by atoms with Crippen molar-refractivity contribution in [1.29, 1.82) is 0 Å². The van der Waals surface area contributed by atoms with E-state index < -0.39 is 0 Å². The van der Waals surface area contributed by atoms with Gasteiger partial charge in [-0.25, -0.2) is 5.90 Å². The molecule has 0 aromatic carbocycles. The Balaban J connectivity index is 0. The summed E-state index contributed by atoms with van der Waals surface area (Å²) in [5.74, 6) is 3.50. The van der Waals surface area contributed by atoms with Crippen LogP contribution in [0.1, 0.15) is 26.7 Å². The van der Waals surface area contributed by atoms with E-state index in [1.54, 1.807) is 0 Å². The van der Waals surface area contributed by atoms with E-state index in [1.165, 1.54) is 0 Å². The fourth-order valence-corrected chi connectivity index (χ4v) is 0.539. The molecule has 0 atom stereocenters. The van der Waals surface area contributed by atoms with E-state index in [4.69, 9.17) is 16.7 Å². The zero-order valence-electron chi connectivity index (χ0n) is 6.80. The van der Waals surface area contributed by atoms with Crippen LogP contribution in [0.2, 0.25) is 0 Å². The van der Waals surface area contributed by atoms with Gasteiger partial charge in [0, 0.05) is 12.1 Å². The first-order chi connectivity index (χ1) is 4.68. The Bertz CT molecular complexity index is 55.7. The van der Waals surface area contributed by atoms with Crippen LogP contribution < -0.4 is 17.4 Å². The highest BCUT2D eigenvalue weighted by atomic mass is 16.4. The molecular formula is C6H19N3O. The van der Waals surface area contributed by atoms with Crippen molar-refractivity contribution < 1.29 is 5.21 Å². The van der Waals surface area contributed by atoms with Gasteiger partial charge in [0.05, 0.1) is 0 Å². The molecular weight excluding hydrogens is 130 g/mol. The molecule has 0 bridgehead atoms. The van der Waals surface area contributed by atoms with Crippen LogP contribution in [0, 0.1) is 0 Å². The summed E-state index contributed by atoms with van der Waals surface area (Å²) in [5, 5.41) is 6.50. The van der Waals surface area contributed by atoms with Crippen LogP contribution in [0.3, 0.4) is 0 Å². The summed E-state index contributed by atoms with van der Waals surface area (Å²) in [6.45, 7) is 4.73. The normalized spacial score (nSPS) is 10.2. The van der Waals surface area contributed by atoms with E-state index in [-0.39, 0.29) is 5.54 Å². The highest BCUT2D eigenvalue weighted by Gasteiger charge is 2.16. The smallest absolute Gasteiger partial charge is 0.0273 e. The van der Waals surface area contributed by atoms with E-state index in [0.29, 0.717) is 6.54 Å². The Morgan fingerprint density at radius 2 is 1.50 bits per heavy atom. The van der Waals surface area contributed by atoms with Crippen LogP contribution in [0.25, 0.3) is 0 Å². The minimum Gasteiger partial charge on any atom is -0.329 e. The second kappa shape index (κ2) is 6.95. The molecule has 0 spiro atoms. The number of hydrogen-bond donors (Lipinski definition) is 4. The molecule has 64 valence electrons. The van der Waals surface area contributed by atoms with Crippen molar-refractivity contribution in [3.63, 3.8) is 0 Å². The minimum atomic E-state index is -0.0972. The van der Waals surface area contributed by atoms with Gasteiger partial charge in [-0.3, -0.25) is 0 Å². The molecule has 0 aliphatic rings. The topological polar surface area (TPSA) is 98.3 Å². The predicted octanol–water partition coefficient (Wildman–Crippen LogP) is -0.203. The Morgan fingerprint density at radius 3 is 1.50 bits per heavy atom. The summed E-state index contributed by atoms with van der Waals surface area (Å²) in [7, 11) is 0. The van der Waals surface area contributed by atoms with Gasteiger partial charge in [0.2, 0.25) is 0 Å². The molecule has 10 heavy (non-hydrogen) atoms. The molecule has 4 nitrogen and oxygen atoms in total. The van der Waals surface area contributed by atoms with Gasteiger partial charge < -0.3 is 16.7 Å². The molecule has 0 aliphatic carbocycles. The lowest BCUT2D eigenvalue weighted by Gasteiger charge is -2.23. The van der Waals surface area contributed by atoms with Gasteiger partial charge in [-0.2, -0.15) is 0 Å². The zero-order chi connectivity index (χ0) is 8.62. The Kier molecular flexibility index (Phi) is 8.70. The third kappa shape index (κ3) is 4.69. The van der Waals surface area contributed by atoms with Crippen LogP contribution >= 0.6 is 0 Å². The van der Waals surface area contributed by atoms with Crippen molar-refractivity contribution in [3.8, 4) is 0 Å². The molecule has 0 aromatic rings. The second-order valence-electron chi connectivity index (χ2n) is 2.27. The van der Waals surface area contributed by atoms with Gasteiger partial charge >= 0.3 is 0 Å². The summed E-state index contributed by atoms with van der Waals surface area (Å²) in [6, 6.07) is 0. The molecule has 7 N–H and O–H groups in total. The largest absolute Gasteiger partial charge is 0.329 e. The first kappa shape index (κ1) is 12.5. The molecule has 0 aliphatic heterocycles. The molecule has 0 radical (unpaired) electrons. The molecule has 4 heteroatoms. The highest BCUT2D eigenvalue weighted by molar-refractivity contribution is 4.81. The van der Waals surface area contributed by atoms with Gasteiger partial charge in [-0.05, 0) is 12.8 Å². The highest BCUT2D eigenvalue weighted by Crippen LogP contribution is 2.07. The van der Waals surface area contributed by atoms with E-state index in [0.717, 1.165) is 12.8 Å². The Morgan fingerprint density at radius 1 is 1.20 bits per heavy atom. The van der Waals surface area contributed by atoms with Crippen molar-refractivity contribution >= 4 is 0 Å². The first-order valence-corrected chi connectivity index (χ1v) is 3.43. The molecule has 0 saturated carbocycles. The standard InChI is InChI=1S/C6H16N2.H3NO/c1-3-6(8,4-2)5-7;1-2/h3-5,7-8H2,1-2H3;2H,1H2. The minimum absolute atomic E-state index is 0.0972. The average Bonchev–Trinajstić information content (AvgIpc) is 2.07. The zero-order valence-corrected chi connectivity index (χ0v) is 6.80. The maximum atomic E-state index is 6.50. The van der Waals surface area contributed by atoms with Gasteiger partial charge in [-0.15, -0.1) is 0 Å². The predicted molar refractivity (Wildman–Crippen MR) is 42.5 cm³/mol. The summed E-state index contributed by atoms with van der Waals surface area (Å²) in [4.78, 5) is 0. The number of rotatable bonds is 3. The van der Waals surface area contributed by atoms with Crippen LogP contribution in [-0.2, 0) is 0 Å². The van der Waals surface area contributed by atoms with Crippen molar-refractivity contribution in [1.82, 2.24) is 0 Å². The first-order valence-electron chi connectivity index (χ1n) is 3.43. The Hall–Kier alpha value is -0.160. The van der Waals surface area contributed by atoms with Gasteiger partial charge in [0.15, 0.2) is 0 Å². The van der Waals surface area contributed by atoms with Gasteiger partial charge in [0.1, 0.15) is 0 Å². The third-order valence-electron chi connectivity index (χ3n) is 1.81. The maximum absolute atomic E-state index is 6.50. The monoisotopic (exact) mass is 149 g/mol.